The zero-order valence-electron chi connectivity index (χ0n) is 11.9. The summed E-state index contributed by atoms with van der Waals surface area (Å²) in [6.07, 6.45) is -3.01. The van der Waals surface area contributed by atoms with Crippen LogP contribution >= 0.6 is 0 Å². The molecule has 8 heteroatoms. The van der Waals surface area contributed by atoms with Crippen molar-refractivity contribution in [1.82, 2.24) is 15.0 Å². The second-order valence-electron chi connectivity index (χ2n) is 4.99. The van der Waals surface area contributed by atoms with E-state index in [4.69, 9.17) is 0 Å². The fourth-order valence-electron chi connectivity index (χ4n) is 2.08. The van der Waals surface area contributed by atoms with Crippen LogP contribution in [0.15, 0.2) is 36.5 Å². The Morgan fingerprint density at radius 3 is 2.70 bits per heavy atom. The van der Waals surface area contributed by atoms with Crippen molar-refractivity contribution < 1.29 is 18.0 Å². The van der Waals surface area contributed by atoms with Gasteiger partial charge in [0.2, 0.25) is 5.82 Å². The van der Waals surface area contributed by atoms with E-state index in [2.05, 4.69) is 20.3 Å². The maximum absolute atomic E-state index is 12.6. The molecule has 5 nitrogen and oxygen atoms in total. The lowest BCUT2D eigenvalue weighted by atomic mass is 10.2. The number of halogens is 3. The molecule has 0 atom stereocenters. The van der Waals surface area contributed by atoms with E-state index in [0.29, 0.717) is 5.82 Å². The molecule has 0 spiro atoms. The zero-order valence-corrected chi connectivity index (χ0v) is 11.9. The molecule has 0 aliphatic carbocycles. The minimum atomic E-state index is -4.56. The summed E-state index contributed by atoms with van der Waals surface area (Å²) in [6.45, 7) is 1.85. The Morgan fingerprint density at radius 2 is 2.00 bits per heavy atom. The molecule has 23 heavy (non-hydrogen) atoms. The van der Waals surface area contributed by atoms with Crippen LogP contribution in [0.5, 0.6) is 0 Å². The fraction of sp³-hybridized carbons (Fsp3) is 0.133. The normalized spacial score (nSPS) is 11.7. The molecule has 2 N–H and O–H groups in total. The van der Waals surface area contributed by atoms with E-state index in [1.807, 2.05) is 6.92 Å². The maximum atomic E-state index is 12.6. The molecule has 0 aliphatic heterocycles. The topological polar surface area (TPSA) is 70.7 Å². The number of imidazole rings is 1. The first-order chi connectivity index (χ1) is 10.8. The van der Waals surface area contributed by atoms with Gasteiger partial charge in [-0.3, -0.25) is 4.79 Å². The number of H-pyrrole nitrogens is 1. The largest absolute Gasteiger partial charge is 0.449 e. The van der Waals surface area contributed by atoms with E-state index < -0.39 is 17.9 Å². The van der Waals surface area contributed by atoms with Crippen LogP contribution in [0.1, 0.15) is 21.7 Å². The van der Waals surface area contributed by atoms with Crippen molar-refractivity contribution in [1.29, 1.82) is 0 Å². The summed E-state index contributed by atoms with van der Waals surface area (Å²) in [5.41, 5.74) is 1.41. The van der Waals surface area contributed by atoms with Gasteiger partial charge in [0.1, 0.15) is 5.82 Å². The van der Waals surface area contributed by atoms with Crippen LogP contribution in [0.2, 0.25) is 0 Å². The van der Waals surface area contributed by atoms with E-state index in [1.54, 1.807) is 18.3 Å². The van der Waals surface area contributed by atoms with Gasteiger partial charge < -0.3 is 10.3 Å². The molecule has 0 fully saturated rings. The molecule has 0 radical (unpaired) electrons. The van der Waals surface area contributed by atoms with E-state index in [9.17, 15) is 18.0 Å². The Hall–Kier alpha value is -2.90. The Balaban J connectivity index is 1.89. The lowest BCUT2D eigenvalue weighted by Gasteiger charge is -2.05. The highest BCUT2D eigenvalue weighted by Gasteiger charge is 2.34. The smallest absolute Gasteiger partial charge is 0.334 e. The molecule has 1 amide bonds. The molecule has 0 saturated carbocycles. The fourth-order valence-corrected chi connectivity index (χ4v) is 2.08. The van der Waals surface area contributed by atoms with Gasteiger partial charge in [0, 0.05) is 11.8 Å². The first kappa shape index (κ1) is 15.0. The van der Waals surface area contributed by atoms with Crippen LogP contribution in [0, 0.1) is 6.92 Å². The van der Waals surface area contributed by atoms with Gasteiger partial charge in [-0.25, -0.2) is 9.97 Å². The Morgan fingerprint density at radius 1 is 1.22 bits per heavy atom. The van der Waals surface area contributed by atoms with Crippen LogP contribution in [0.3, 0.4) is 0 Å². The quantitative estimate of drug-likeness (QED) is 0.759. The van der Waals surface area contributed by atoms with Gasteiger partial charge in [-0.15, -0.1) is 0 Å². The average molecular weight is 320 g/mol. The molecule has 0 saturated heterocycles. The molecule has 118 valence electrons. The summed E-state index contributed by atoms with van der Waals surface area (Å²) in [6, 6.07) is 7.57. The number of aromatic nitrogens is 3. The SMILES string of the molecule is Cc1ccnc(NC(=O)c2ccc3nc(C(F)(F)F)[nH]c3c2)c1. The number of nitrogens with one attached hydrogen (secondary N) is 2. The number of aryl methyl sites for hydroxylation is 1. The van der Waals surface area contributed by atoms with Gasteiger partial charge >= 0.3 is 6.18 Å². The number of aromatic amines is 1. The third-order valence-electron chi connectivity index (χ3n) is 3.17. The highest BCUT2D eigenvalue weighted by Crippen LogP contribution is 2.28. The number of nitrogens with zero attached hydrogens (tertiary/aromatic N) is 2. The molecule has 1 aromatic carbocycles. The Labute approximate surface area is 128 Å². The second kappa shape index (κ2) is 5.38. The first-order valence-electron chi connectivity index (χ1n) is 6.64. The predicted molar refractivity (Wildman–Crippen MR) is 78.0 cm³/mol. The van der Waals surface area contributed by atoms with Crippen LogP contribution in [-0.4, -0.2) is 20.9 Å². The average Bonchev–Trinajstić information content (AvgIpc) is 2.90. The molecule has 0 unspecified atom stereocenters. The summed E-state index contributed by atoms with van der Waals surface area (Å²) >= 11 is 0. The van der Waals surface area contributed by atoms with E-state index in [-0.39, 0.29) is 16.6 Å². The number of anilines is 1. The molecule has 3 aromatic rings. The van der Waals surface area contributed by atoms with E-state index in [0.717, 1.165) is 5.56 Å². The lowest BCUT2D eigenvalue weighted by molar-refractivity contribution is -0.144. The van der Waals surface area contributed by atoms with Crippen molar-refractivity contribution in [2.75, 3.05) is 5.32 Å². The number of hydrogen-bond donors (Lipinski definition) is 2. The Kier molecular flexibility index (Phi) is 3.51. The van der Waals surface area contributed by atoms with Crippen LogP contribution < -0.4 is 5.32 Å². The molecule has 2 aromatic heterocycles. The van der Waals surface area contributed by atoms with Gasteiger partial charge in [-0.05, 0) is 42.8 Å². The van der Waals surface area contributed by atoms with Gasteiger partial charge in [0.15, 0.2) is 0 Å². The minimum Gasteiger partial charge on any atom is -0.334 e. The standard InChI is InChI=1S/C15H11F3N4O/c1-8-4-5-19-12(6-8)22-13(23)9-2-3-10-11(7-9)21-14(20-10)15(16,17)18/h2-7H,1H3,(H,20,21)(H,19,22,23). The molecule has 3 rings (SSSR count). The first-order valence-corrected chi connectivity index (χ1v) is 6.64. The van der Waals surface area contributed by atoms with Gasteiger partial charge in [0.25, 0.3) is 5.91 Å². The van der Waals surface area contributed by atoms with Crippen molar-refractivity contribution in [2.45, 2.75) is 13.1 Å². The summed E-state index contributed by atoms with van der Waals surface area (Å²) in [5, 5.41) is 2.59. The molecular formula is C15H11F3N4O. The van der Waals surface area contributed by atoms with Gasteiger partial charge in [-0.2, -0.15) is 13.2 Å². The van der Waals surface area contributed by atoms with Crippen molar-refractivity contribution >= 4 is 22.8 Å². The number of fused-ring (bicyclic) bond motifs is 1. The third-order valence-corrected chi connectivity index (χ3v) is 3.17. The van der Waals surface area contributed by atoms with Gasteiger partial charge in [0.05, 0.1) is 11.0 Å². The number of benzene rings is 1. The van der Waals surface area contributed by atoms with Crippen molar-refractivity contribution in [2.24, 2.45) is 0 Å². The monoisotopic (exact) mass is 320 g/mol. The van der Waals surface area contributed by atoms with Crippen molar-refractivity contribution in [3.05, 3.63) is 53.5 Å². The third kappa shape index (κ3) is 3.15. The van der Waals surface area contributed by atoms with E-state index >= 15 is 0 Å². The molecule has 2 heterocycles. The number of rotatable bonds is 2. The number of carbonyl (C=O) groups is 1. The van der Waals surface area contributed by atoms with Crippen LogP contribution in [0.25, 0.3) is 11.0 Å². The number of amides is 1. The maximum Gasteiger partial charge on any atom is 0.449 e. The highest BCUT2D eigenvalue weighted by atomic mass is 19.4. The number of alkyl halides is 3. The van der Waals surface area contributed by atoms with Gasteiger partial charge in [-0.1, -0.05) is 0 Å². The molecule has 0 bridgehead atoms. The number of hydrogen-bond acceptors (Lipinski definition) is 3. The summed E-state index contributed by atoms with van der Waals surface area (Å²) in [5.74, 6) is -1.19. The zero-order chi connectivity index (χ0) is 16.6. The molecular weight excluding hydrogens is 309 g/mol. The molecule has 0 aliphatic rings. The lowest BCUT2D eigenvalue weighted by Crippen LogP contribution is -2.12. The number of carbonyl (C=O) groups excluding carboxylic acids is 1. The Bertz CT molecular complexity index is 886. The minimum absolute atomic E-state index is 0.141. The summed E-state index contributed by atoms with van der Waals surface area (Å²) in [4.78, 5) is 21.8. The number of pyridine rings is 1. The van der Waals surface area contributed by atoms with Crippen LogP contribution in [0.4, 0.5) is 19.0 Å². The van der Waals surface area contributed by atoms with Crippen LogP contribution in [-0.2, 0) is 6.18 Å². The summed E-state index contributed by atoms with van der Waals surface area (Å²) in [7, 11) is 0. The second-order valence-corrected chi connectivity index (χ2v) is 4.99. The van der Waals surface area contributed by atoms with E-state index in [1.165, 1.54) is 18.2 Å². The van der Waals surface area contributed by atoms with Crippen molar-refractivity contribution in [3.63, 3.8) is 0 Å². The highest BCUT2D eigenvalue weighted by molar-refractivity contribution is 6.05. The van der Waals surface area contributed by atoms with Crippen molar-refractivity contribution in [3.8, 4) is 0 Å². The summed E-state index contributed by atoms with van der Waals surface area (Å²) < 4.78 is 37.9. The predicted octanol–water partition coefficient (Wildman–Crippen LogP) is 3.54.